The topological polar surface area (TPSA) is 47.3 Å². The van der Waals surface area contributed by atoms with Crippen molar-refractivity contribution in [3.8, 4) is 5.75 Å². The largest absolute Gasteiger partial charge is 0.497 e. The fourth-order valence-corrected chi connectivity index (χ4v) is 2.40. The van der Waals surface area contributed by atoms with Gasteiger partial charge in [-0.3, -0.25) is 4.68 Å². The summed E-state index contributed by atoms with van der Waals surface area (Å²) < 4.78 is 7.94. The third-order valence-electron chi connectivity index (χ3n) is 3.30. The normalized spacial score (nSPS) is 12.5. The maximum Gasteiger partial charge on any atom is 0.119 e. The van der Waals surface area contributed by atoms with E-state index in [0.29, 0.717) is 6.42 Å². The van der Waals surface area contributed by atoms with Gasteiger partial charge in [0, 0.05) is 29.2 Å². The number of aryl methyl sites for hydroxylation is 1. The van der Waals surface area contributed by atoms with Gasteiger partial charge >= 0.3 is 0 Å². The lowest BCUT2D eigenvalue weighted by Gasteiger charge is -2.13. The van der Waals surface area contributed by atoms with Gasteiger partial charge in [-0.25, -0.2) is 0 Å². The predicted molar refractivity (Wildman–Crippen MR) is 77.3 cm³/mol. The lowest BCUT2D eigenvalue weighted by molar-refractivity contribution is 0.177. The third-order valence-corrected chi connectivity index (χ3v) is 4.07. The highest BCUT2D eigenvalue weighted by Gasteiger charge is 2.16. The van der Waals surface area contributed by atoms with Gasteiger partial charge < -0.3 is 9.84 Å². The van der Waals surface area contributed by atoms with E-state index in [-0.39, 0.29) is 0 Å². The van der Waals surface area contributed by atoms with E-state index in [4.69, 9.17) is 4.74 Å². The summed E-state index contributed by atoms with van der Waals surface area (Å²) in [4.78, 5) is 0. The number of hydrogen-bond acceptors (Lipinski definition) is 3. The van der Waals surface area contributed by atoms with Gasteiger partial charge in [0.25, 0.3) is 0 Å². The fourth-order valence-electron chi connectivity index (χ4n) is 2.00. The highest BCUT2D eigenvalue weighted by molar-refractivity contribution is 9.10. The van der Waals surface area contributed by atoms with Gasteiger partial charge in [-0.05, 0) is 30.7 Å². The van der Waals surface area contributed by atoms with Crippen molar-refractivity contribution in [1.82, 2.24) is 9.78 Å². The quantitative estimate of drug-likeness (QED) is 0.940. The Morgan fingerprint density at radius 2 is 2.21 bits per heavy atom. The third kappa shape index (κ3) is 2.98. The number of aromatic nitrogens is 2. The maximum absolute atomic E-state index is 10.3. The van der Waals surface area contributed by atoms with Crippen molar-refractivity contribution in [3.05, 3.63) is 45.7 Å². The van der Waals surface area contributed by atoms with Crippen LogP contribution in [0.3, 0.4) is 0 Å². The van der Waals surface area contributed by atoms with Crippen LogP contribution in [0.15, 0.2) is 28.9 Å². The van der Waals surface area contributed by atoms with Crippen molar-refractivity contribution < 1.29 is 9.84 Å². The Labute approximate surface area is 121 Å². The summed E-state index contributed by atoms with van der Waals surface area (Å²) in [6, 6.07) is 5.74. The molecule has 0 aliphatic carbocycles. The first-order valence-electron chi connectivity index (χ1n) is 6.02. The zero-order chi connectivity index (χ0) is 14.0. The van der Waals surface area contributed by atoms with Gasteiger partial charge in [0.05, 0.1) is 19.4 Å². The van der Waals surface area contributed by atoms with E-state index in [1.165, 1.54) is 0 Å². The SMILES string of the molecule is COc1ccc(Br)c(CC(O)c2cnn(C)c2C)c1. The number of benzene rings is 1. The van der Waals surface area contributed by atoms with Crippen molar-refractivity contribution in [2.75, 3.05) is 7.11 Å². The molecule has 0 bridgehead atoms. The molecule has 4 nitrogen and oxygen atoms in total. The molecule has 0 aliphatic rings. The monoisotopic (exact) mass is 324 g/mol. The van der Waals surface area contributed by atoms with Gasteiger partial charge in [0.2, 0.25) is 0 Å². The van der Waals surface area contributed by atoms with Crippen molar-refractivity contribution in [1.29, 1.82) is 0 Å². The van der Waals surface area contributed by atoms with Crippen LogP contribution in [0.5, 0.6) is 5.75 Å². The van der Waals surface area contributed by atoms with Gasteiger partial charge in [0.15, 0.2) is 0 Å². The van der Waals surface area contributed by atoms with Crippen LogP contribution in [0.4, 0.5) is 0 Å². The zero-order valence-electron chi connectivity index (χ0n) is 11.2. The number of halogens is 1. The molecule has 2 aromatic rings. The molecule has 0 radical (unpaired) electrons. The fraction of sp³-hybridized carbons (Fsp3) is 0.357. The van der Waals surface area contributed by atoms with Crippen molar-refractivity contribution in [3.63, 3.8) is 0 Å². The minimum atomic E-state index is -0.572. The van der Waals surface area contributed by atoms with Gasteiger partial charge in [0.1, 0.15) is 5.75 Å². The molecule has 102 valence electrons. The van der Waals surface area contributed by atoms with Crippen molar-refractivity contribution in [2.45, 2.75) is 19.4 Å². The van der Waals surface area contributed by atoms with E-state index < -0.39 is 6.10 Å². The van der Waals surface area contributed by atoms with E-state index in [9.17, 15) is 5.11 Å². The Morgan fingerprint density at radius 3 is 2.79 bits per heavy atom. The van der Waals surface area contributed by atoms with Crippen LogP contribution in [-0.4, -0.2) is 22.0 Å². The molecule has 1 N–H and O–H groups in total. The van der Waals surface area contributed by atoms with E-state index in [2.05, 4.69) is 21.0 Å². The second kappa shape index (κ2) is 5.75. The second-order valence-electron chi connectivity index (χ2n) is 4.49. The Morgan fingerprint density at radius 1 is 1.47 bits per heavy atom. The van der Waals surface area contributed by atoms with Gasteiger partial charge in [-0.2, -0.15) is 5.10 Å². The van der Waals surface area contributed by atoms with Crippen LogP contribution >= 0.6 is 15.9 Å². The highest BCUT2D eigenvalue weighted by Crippen LogP contribution is 2.28. The van der Waals surface area contributed by atoms with E-state index in [0.717, 1.165) is 27.0 Å². The summed E-state index contributed by atoms with van der Waals surface area (Å²) >= 11 is 3.50. The average Bonchev–Trinajstić information content (AvgIpc) is 2.73. The molecular weight excluding hydrogens is 308 g/mol. The molecule has 0 spiro atoms. The summed E-state index contributed by atoms with van der Waals surface area (Å²) in [5, 5.41) is 14.5. The van der Waals surface area contributed by atoms with E-state index in [1.54, 1.807) is 18.0 Å². The standard InChI is InChI=1S/C14H17BrN2O2/c1-9-12(8-16-17(9)2)14(18)7-10-6-11(19-3)4-5-13(10)15/h4-6,8,14,18H,7H2,1-3H3. The molecule has 1 heterocycles. The van der Waals surface area contributed by atoms with Crippen LogP contribution in [0, 0.1) is 6.92 Å². The number of ether oxygens (including phenoxy) is 1. The molecule has 0 saturated heterocycles. The van der Waals surface area contributed by atoms with Crippen LogP contribution in [-0.2, 0) is 13.5 Å². The lowest BCUT2D eigenvalue weighted by Crippen LogP contribution is -2.04. The Balaban J connectivity index is 2.23. The maximum atomic E-state index is 10.3. The minimum Gasteiger partial charge on any atom is -0.497 e. The molecule has 0 aliphatic heterocycles. The summed E-state index contributed by atoms with van der Waals surface area (Å²) in [6.45, 7) is 1.95. The molecule has 1 aromatic heterocycles. The van der Waals surface area contributed by atoms with Crippen LogP contribution in [0.25, 0.3) is 0 Å². The number of aliphatic hydroxyl groups is 1. The first-order valence-corrected chi connectivity index (χ1v) is 6.81. The first kappa shape index (κ1) is 14.1. The Kier molecular flexibility index (Phi) is 4.27. The van der Waals surface area contributed by atoms with Gasteiger partial charge in [-0.1, -0.05) is 15.9 Å². The minimum absolute atomic E-state index is 0.518. The lowest BCUT2D eigenvalue weighted by atomic mass is 10.0. The number of rotatable bonds is 4. The molecule has 0 fully saturated rings. The molecule has 2 rings (SSSR count). The molecule has 19 heavy (non-hydrogen) atoms. The second-order valence-corrected chi connectivity index (χ2v) is 5.34. The van der Waals surface area contributed by atoms with Gasteiger partial charge in [-0.15, -0.1) is 0 Å². The Bertz CT molecular complexity index is 581. The zero-order valence-corrected chi connectivity index (χ0v) is 12.8. The average molecular weight is 325 g/mol. The summed E-state index contributed by atoms with van der Waals surface area (Å²) in [6.07, 6.45) is 1.66. The number of methoxy groups -OCH3 is 1. The molecule has 5 heteroatoms. The molecule has 0 amide bonds. The van der Waals surface area contributed by atoms with E-state index >= 15 is 0 Å². The highest BCUT2D eigenvalue weighted by atomic mass is 79.9. The molecule has 1 atom stereocenters. The smallest absolute Gasteiger partial charge is 0.119 e. The molecule has 1 aromatic carbocycles. The first-order chi connectivity index (χ1) is 9.02. The number of nitrogens with zero attached hydrogens (tertiary/aromatic N) is 2. The van der Waals surface area contributed by atoms with E-state index in [1.807, 2.05) is 32.2 Å². The number of aliphatic hydroxyl groups excluding tert-OH is 1. The van der Waals surface area contributed by atoms with Crippen LogP contribution < -0.4 is 4.74 Å². The van der Waals surface area contributed by atoms with Crippen molar-refractivity contribution >= 4 is 15.9 Å². The molecule has 0 saturated carbocycles. The Hall–Kier alpha value is -1.33. The van der Waals surface area contributed by atoms with Crippen LogP contribution in [0.1, 0.15) is 22.9 Å². The van der Waals surface area contributed by atoms with Crippen molar-refractivity contribution in [2.24, 2.45) is 7.05 Å². The summed E-state index contributed by atoms with van der Waals surface area (Å²) in [7, 11) is 3.50. The predicted octanol–water partition coefficient (Wildman–Crippen LogP) is 2.78. The summed E-state index contributed by atoms with van der Waals surface area (Å²) in [5.41, 5.74) is 2.85. The number of hydrogen-bond donors (Lipinski definition) is 1. The van der Waals surface area contributed by atoms with Crippen LogP contribution in [0.2, 0.25) is 0 Å². The summed E-state index contributed by atoms with van der Waals surface area (Å²) in [5.74, 6) is 0.785. The molecular formula is C14H17BrN2O2. The molecule has 1 unspecified atom stereocenters.